The van der Waals surface area contributed by atoms with Crippen LogP contribution < -0.4 is 5.32 Å². The highest BCUT2D eigenvalue weighted by Crippen LogP contribution is 2.57. The largest absolute Gasteiger partial charge is 0.459 e. The number of allylic oxidation sites excluding steroid dienone is 3. The molecule has 4 unspecified atom stereocenters. The number of esters is 1. The van der Waals surface area contributed by atoms with Gasteiger partial charge >= 0.3 is 5.97 Å². The number of carbonyl (C=O) groups is 2. The summed E-state index contributed by atoms with van der Waals surface area (Å²) in [4.78, 5) is 31.4. The van der Waals surface area contributed by atoms with Gasteiger partial charge < -0.3 is 10.1 Å². The molecule has 0 aromatic carbocycles. The molecular weight excluding hydrogens is 384 g/mol. The Morgan fingerprint density at radius 1 is 1.17 bits per heavy atom. The lowest BCUT2D eigenvalue weighted by molar-refractivity contribution is -0.157. The number of aliphatic imine (C=N–C) groups is 1. The lowest BCUT2D eigenvalue weighted by atomic mass is 9.72. The van der Waals surface area contributed by atoms with Crippen LogP contribution in [-0.2, 0) is 14.3 Å². The highest BCUT2D eigenvalue weighted by molar-refractivity contribution is 8.03. The normalized spacial score (nSPS) is 34.2. The van der Waals surface area contributed by atoms with E-state index in [4.69, 9.17) is 9.73 Å². The van der Waals surface area contributed by atoms with E-state index < -0.39 is 21.5 Å². The summed E-state index contributed by atoms with van der Waals surface area (Å²) in [5.74, 6) is -0.593. The van der Waals surface area contributed by atoms with Gasteiger partial charge in [0.05, 0.1) is 16.4 Å². The first-order valence-corrected chi connectivity index (χ1v) is 11.8. The van der Waals surface area contributed by atoms with Crippen molar-refractivity contribution in [1.82, 2.24) is 5.32 Å². The fraction of sp³-hybridized carbons (Fsp3) is 0.696. The van der Waals surface area contributed by atoms with Crippen molar-refractivity contribution in [3.8, 4) is 0 Å². The number of nitrogens with one attached hydrogen (secondary N) is 1. The zero-order valence-corrected chi connectivity index (χ0v) is 18.5. The van der Waals surface area contributed by atoms with Crippen molar-refractivity contribution >= 4 is 29.4 Å². The average molecular weight is 417 g/mol. The fourth-order valence-corrected chi connectivity index (χ4v) is 7.01. The minimum absolute atomic E-state index is 0.0198. The Bertz CT molecular complexity index is 761. The molecule has 1 spiro atoms. The maximum Gasteiger partial charge on any atom is 0.320 e. The molecule has 5 nitrogen and oxygen atoms in total. The van der Waals surface area contributed by atoms with Gasteiger partial charge in [0.1, 0.15) is 10.9 Å². The van der Waals surface area contributed by atoms with Gasteiger partial charge in [0.2, 0.25) is 5.91 Å². The van der Waals surface area contributed by atoms with E-state index in [-0.39, 0.29) is 23.8 Å². The van der Waals surface area contributed by atoms with Crippen LogP contribution in [0.3, 0.4) is 0 Å². The molecule has 1 amide bonds. The lowest BCUT2D eigenvalue weighted by Gasteiger charge is -2.38. The zero-order valence-electron chi connectivity index (χ0n) is 17.6. The van der Waals surface area contributed by atoms with Crippen molar-refractivity contribution in [2.45, 2.75) is 80.9 Å². The van der Waals surface area contributed by atoms with Crippen LogP contribution in [0.2, 0.25) is 0 Å². The molecule has 4 aliphatic rings. The number of amides is 1. The van der Waals surface area contributed by atoms with E-state index in [1.165, 1.54) is 6.42 Å². The SMILES string of the molecule is CC(C)(C)OC(=O)C1SC23C=CC=CC2=NCCC3C1C(=O)NC1CCCCC1. The summed E-state index contributed by atoms with van der Waals surface area (Å²) in [5, 5.41) is 2.78. The number of thioether (sulfide) groups is 1. The molecule has 1 N–H and O–H groups in total. The van der Waals surface area contributed by atoms with Crippen LogP contribution in [0.4, 0.5) is 0 Å². The first kappa shape index (κ1) is 20.7. The second-order valence-electron chi connectivity index (χ2n) is 9.61. The second kappa shape index (κ2) is 7.93. The van der Waals surface area contributed by atoms with Crippen molar-refractivity contribution in [3.63, 3.8) is 0 Å². The minimum atomic E-state index is -0.577. The molecule has 0 aromatic heterocycles. The molecule has 158 valence electrons. The molecule has 4 atom stereocenters. The smallest absolute Gasteiger partial charge is 0.320 e. The van der Waals surface area contributed by atoms with Gasteiger partial charge in [-0.1, -0.05) is 37.5 Å². The van der Waals surface area contributed by atoms with E-state index in [0.29, 0.717) is 6.54 Å². The number of hydrogen-bond donors (Lipinski definition) is 1. The maximum atomic E-state index is 13.5. The maximum absolute atomic E-state index is 13.5. The van der Waals surface area contributed by atoms with E-state index in [0.717, 1.165) is 37.8 Å². The summed E-state index contributed by atoms with van der Waals surface area (Å²) in [7, 11) is 0. The average Bonchev–Trinajstić information content (AvgIpc) is 3.01. The van der Waals surface area contributed by atoms with E-state index >= 15 is 0 Å². The Morgan fingerprint density at radius 3 is 2.66 bits per heavy atom. The number of ether oxygens (including phenoxy) is 1. The lowest BCUT2D eigenvalue weighted by Crippen LogP contribution is -2.49. The molecule has 2 aliphatic heterocycles. The fourth-order valence-electron chi connectivity index (χ4n) is 5.14. The summed E-state index contributed by atoms with van der Waals surface area (Å²) in [6, 6.07) is 0.232. The van der Waals surface area contributed by atoms with Gasteiger partial charge in [-0.25, -0.2) is 0 Å². The molecule has 0 bridgehead atoms. The molecular formula is C23H32N2O3S. The zero-order chi connectivity index (χ0) is 20.6. The van der Waals surface area contributed by atoms with Gasteiger partial charge in [0.15, 0.2) is 0 Å². The Morgan fingerprint density at radius 2 is 1.93 bits per heavy atom. The van der Waals surface area contributed by atoms with E-state index in [1.807, 2.05) is 39.0 Å². The van der Waals surface area contributed by atoms with Gasteiger partial charge in [-0.15, -0.1) is 11.8 Å². The quantitative estimate of drug-likeness (QED) is 0.710. The molecule has 1 saturated heterocycles. The van der Waals surface area contributed by atoms with Crippen molar-refractivity contribution < 1.29 is 14.3 Å². The second-order valence-corrected chi connectivity index (χ2v) is 11.0. The van der Waals surface area contributed by atoms with Crippen LogP contribution in [0, 0.1) is 11.8 Å². The van der Waals surface area contributed by atoms with Gasteiger partial charge in [-0.2, -0.15) is 0 Å². The standard InChI is InChI=1S/C23H32N2O3S/c1-22(2,3)28-21(27)19-18(20(26)25-15-9-5-4-6-10-15)16-12-14-24-17-11-7-8-13-23(16,17)29-19/h7-8,11,13,15-16,18-19H,4-6,9-10,12,14H2,1-3H3,(H,25,26). The third-order valence-electron chi connectivity index (χ3n) is 6.36. The molecule has 6 heteroatoms. The van der Waals surface area contributed by atoms with Crippen molar-refractivity contribution in [3.05, 3.63) is 24.3 Å². The van der Waals surface area contributed by atoms with Gasteiger partial charge in [-0.05, 0) is 52.0 Å². The van der Waals surface area contributed by atoms with Crippen LogP contribution in [-0.4, -0.2) is 45.8 Å². The molecule has 2 aliphatic carbocycles. The predicted octanol–water partition coefficient (Wildman–Crippen LogP) is 3.83. The molecule has 0 radical (unpaired) electrons. The Kier molecular flexibility index (Phi) is 5.66. The summed E-state index contributed by atoms with van der Waals surface area (Å²) >= 11 is 1.57. The monoisotopic (exact) mass is 416 g/mol. The van der Waals surface area contributed by atoms with Crippen molar-refractivity contribution in [1.29, 1.82) is 0 Å². The first-order valence-electron chi connectivity index (χ1n) is 10.9. The number of nitrogens with zero attached hydrogens (tertiary/aromatic N) is 1. The van der Waals surface area contributed by atoms with Gasteiger partial charge in [0.25, 0.3) is 0 Å². The highest BCUT2D eigenvalue weighted by Gasteiger charge is 2.61. The first-order chi connectivity index (χ1) is 13.8. The Balaban J connectivity index is 1.64. The number of hydrogen-bond acceptors (Lipinski definition) is 5. The van der Waals surface area contributed by atoms with E-state index in [2.05, 4.69) is 11.4 Å². The summed E-state index contributed by atoms with van der Waals surface area (Å²) in [6.07, 6.45) is 14.7. The molecule has 4 rings (SSSR count). The third-order valence-corrected chi connectivity index (χ3v) is 8.14. The third kappa shape index (κ3) is 4.05. The number of rotatable bonds is 3. The van der Waals surface area contributed by atoms with Crippen molar-refractivity contribution in [2.24, 2.45) is 16.8 Å². The summed E-state index contributed by atoms with van der Waals surface area (Å²) < 4.78 is 5.35. The molecule has 2 heterocycles. The number of carbonyl (C=O) groups excluding carboxylic acids is 2. The predicted molar refractivity (Wildman–Crippen MR) is 117 cm³/mol. The summed E-state index contributed by atoms with van der Waals surface area (Å²) in [5.41, 5.74) is 0.412. The molecule has 2 fully saturated rings. The Labute approximate surface area is 177 Å². The topological polar surface area (TPSA) is 67.8 Å². The van der Waals surface area contributed by atoms with Crippen LogP contribution in [0.1, 0.15) is 59.3 Å². The Hall–Kier alpha value is -1.56. The van der Waals surface area contributed by atoms with Gasteiger partial charge in [-0.3, -0.25) is 14.6 Å². The minimum Gasteiger partial charge on any atom is -0.459 e. The van der Waals surface area contributed by atoms with Crippen LogP contribution in [0.25, 0.3) is 0 Å². The molecule has 1 saturated carbocycles. The van der Waals surface area contributed by atoms with Crippen LogP contribution >= 0.6 is 11.8 Å². The van der Waals surface area contributed by atoms with Crippen molar-refractivity contribution in [2.75, 3.05) is 6.54 Å². The van der Waals surface area contributed by atoms with Crippen LogP contribution in [0.15, 0.2) is 29.3 Å². The summed E-state index contributed by atoms with van der Waals surface area (Å²) in [6.45, 7) is 6.34. The van der Waals surface area contributed by atoms with Gasteiger partial charge in [0, 0.05) is 12.6 Å². The molecule has 29 heavy (non-hydrogen) atoms. The van der Waals surface area contributed by atoms with Crippen LogP contribution in [0.5, 0.6) is 0 Å². The highest BCUT2D eigenvalue weighted by atomic mass is 32.2. The van der Waals surface area contributed by atoms with E-state index in [1.54, 1.807) is 11.8 Å². The van der Waals surface area contributed by atoms with E-state index in [9.17, 15) is 9.59 Å². The molecule has 0 aromatic rings.